The molecule has 0 aliphatic carbocycles. The molecular formula is C16H19ClN4O2. The molecule has 0 amide bonds. The van der Waals surface area contributed by atoms with Gasteiger partial charge in [0.05, 0.1) is 12.6 Å². The summed E-state index contributed by atoms with van der Waals surface area (Å²) in [4.78, 5) is 10.6. The van der Waals surface area contributed by atoms with Crippen LogP contribution in [0.2, 0.25) is 5.02 Å². The molecule has 0 spiro atoms. The summed E-state index contributed by atoms with van der Waals surface area (Å²) >= 11 is 6.35. The third-order valence-corrected chi connectivity index (χ3v) is 4.17. The van der Waals surface area contributed by atoms with E-state index in [2.05, 4.69) is 14.9 Å². The van der Waals surface area contributed by atoms with Crippen molar-refractivity contribution in [1.82, 2.24) is 9.97 Å². The Kier molecular flexibility index (Phi) is 4.54. The van der Waals surface area contributed by atoms with Gasteiger partial charge in [-0.25, -0.2) is 4.98 Å². The largest absolute Gasteiger partial charge is 0.508 e. The SMILES string of the molecule is Cc1cc(N2CCCOC[C@H]2c2cc(O)ccc2Cl)nc(N)n1. The van der Waals surface area contributed by atoms with Crippen molar-refractivity contribution < 1.29 is 9.84 Å². The maximum atomic E-state index is 9.82. The van der Waals surface area contributed by atoms with Crippen molar-refractivity contribution >= 4 is 23.4 Å². The lowest BCUT2D eigenvalue weighted by Crippen LogP contribution is -2.32. The van der Waals surface area contributed by atoms with E-state index in [1.54, 1.807) is 18.2 Å². The number of aryl methyl sites for hydroxylation is 1. The minimum absolute atomic E-state index is 0.147. The third kappa shape index (κ3) is 3.48. The number of hydrogen-bond acceptors (Lipinski definition) is 6. The van der Waals surface area contributed by atoms with Gasteiger partial charge >= 0.3 is 0 Å². The van der Waals surface area contributed by atoms with E-state index in [9.17, 15) is 5.11 Å². The van der Waals surface area contributed by atoms with Crippen molar-refractivity contribution in [3.05, 3.63) is 40.5 Å². The van der Waals surface area contributed by atoms with E-state index < -0.39 is 0 Å². The van der Waals surface area contributed by atoms with Gasteiger partial charge in [0.1, 0.15) is 11.6 Å². The van der Waals surface area contributed by atoms with E-state index in [4.69, 9.17) is 22.1 Å². The van der Waals surface area contributed by atoms with Crippen molar-refractivity contribution in [2.24, 2.45) is 0 Å². The number of nitrogen functional groups attached to an aromatic ring is 1. The summed E-state index contributed by atoms with van der Waals surface area (Å²) in [7, 11) is 0. The van der Waals surface area contributed by atoms with Gasteiger partial charge in [-0.05, 0) is 37.1 Å². The summed E-state index contributed by atoms with van der Waals surface area (Å²) in [5.41, 5.74) is 7.41. The second-order valence-electron chi connectivity index (χ2n) is 5.57. The Morgan fingerprint density at radius 2 is 2.17 bits per heavy atom. The highest BCUT2D eigenvalue weighted by Gasteiger charge is 2.27. The van der Waals surface area contributed by atoms with Gasteiger partial charge in [0.25, 0.3) is 0 Å². The lowest BCUT2D eigenvalue weighted by molar-refractivity contribution is 0.134. The Labute approximate surface area is 139 Å². The molecule has 2 aromatic rings. The van der Waals surface area contributed by atoms with Crippen molar-refractivity contribution in [1.29, 1.82) is 0 Å². The molecule has 122 valence electrons. The number of phenolic OH excluding ortho intramolecular Hbond substituents is 1. The standard InChI is InChI=1S/C16H19ClN4O2/c1-10-7-15(20-16(18)19-10)21-5-2-6-23-9-14(21)12-8-11(22)3-4-13(12)17/h3-4,7-8,14,22H,2,5-6,9H2,1H3,(H2,18,19,20)/t14-/m0/s1. The minimum Gasteiger partial charge on any atom is -0.508 e. The fourth-order valence-corrected chi connectivity index (χ4v) is 3.06. The molecule has 1 aromatic carbocycles. The number of nitrogens with zero attached hydrogens (tertiary/aromatic N) is 3. The highest BCUT2D eigenvalue weighted by molar-refractivity contribution is 6.31. The van der Waals surface area contributed by atoms with Gasteiger partial charge in [-0.15, -0.1) is 0 Å². The number of hydrogen-bond donors (Lipinski definition) is 2. The lowest BCUT2D eigenvalue weighted by atomic mass is 10.1. The van der Waals surface area contributed by atoms with Gasteiger partial charge in [-0.2, -0.15) is 4.98 Å². The Bertz CT molecular complexity index is 690. The predicted octanol–water partition coefficient (Wildman–Crippen LogP) is 2.69. The Hall–Kier alpha value is -2.05. The fraction of sp³-hybridized carbons (Fsp3) is 0.375. The topological polar surface area (TPSA) is 84.5 Å². The van der Waals surface area contributed by atoms with Crippen LogP contribution < -0.4 is 10.6 Å². The molecule has 1 atom stereocenters. The predicted molar refractivity (Wildman–Crippen MR) is 89.8 cm³/mol. The second-order valence-corrected chi connectivity index (χ2v) is 5.98. The molecule has 0 bridgehead atoms. The van der Waals surface area contributed by atoms with E-state index in [-0.39, 0.29) is 17.7 Å². The van der Waals surface area contributed by atoms with Crippen LogP contribution in [0.3, 0.4) is 0 Å². The first-order chi connectivity index (χ1) is 11.0. The number of ether oxygens (including phenoxy) is 1. The number of halogens is 1. The Morgan fingerprint density at radius 1 is 1.35 bits per heavy atom. The molecule has 1 aliphatic rings. The van der Waals surface area contributed by atoms with Crippen LogP contribution in [-0.4, -0.2) is 34.8 Å². The van der Waals surface area contributed by atoms with Crippen molar-refractivity contribution in [3.63, 3.8) is 0 Å². The van der Waals surface area contributed by atoms with Crippen LogP contribution in [0, 0.1) is 6.92 Å². The monoisotopic (exact) mass is 334 g/mol. The highest BCUT2D eigenvalue weighted by atomic mass is 35.5. The molecule has 6 nitrogen and oxygen atoms in total. The lowest BCUT2D eigenvalue weighted by Gasteiger charge is -2.31. The van der Waals surface area contributed by atoms with Crippen LogP contribution in [0.15, 0.2) is 24.3 Å². The molecule has 0 unspecified atom stereocenters. The summed E-state index contributed by atoms with van der Waals surface area (Å²) < 4.78 is 5.71. The van der Waals surface area contributed by atoms with Gasteiger partial charge in [0, 0.05) is 29.9 Å². The first-order valence-corrected chi connectivity index (χ1v) is 7.86. The third-order valence-electron chi connectivity index (χ3n) is 3.83. The molecule has 0 radical (unpaired) electrons. The number of aromatic nitrogens is 2. The molecular weight excluding hydrogens is 316 g/mol. The van der Waals surface area contributed by atoms with Gasteiger partial charge in [0.15, 0.2) is 0 Å². The summed E-state index contributed by atoms with van der Waals surface area (Å²) in [5, 5.41) is 10.4. The number of nitrogens with two attached hydrogens (primary N) is 1. The number of anilines is 2. The van der Waals surface area contributed by atoms with Crippen LogP contribution in [0.5, 0.6) is 5.75 Å². The van der Waals surface area contributed by atoms with E-state index in [0.29, 0.717) is 18.2 Å². The maximum absolute atomic E-state index is 9.82. The molecule has 1 aliphatic heterocycles. The van der Waals surface area contributed by atoms with Crippen LogP contribution in [0.4, 0.5) is 11.8 Å². The minimum atomic E-state index is -0.147. The first kappa shape index (κ1) is 15.8. The molecule has 1 aromatic heterocycles. The summed E-state index contributed by atoms with van der Waals surface area (Å²) in [6.07, 6.45) is 0.871. The Balaban J connectivity index is 2.05. The van der Waals surface area contributed by atoms with E-state index in [1.807, 2.05) is 13.0 Å². The van der Waals surface area contributed by atoms with E-state index in [1.165, 1.54) is 0 Å². The van der Waals surface area contributed by atoms with Crippen LogP contribution in [0.25, 0.3) is 0 Å². The second kappa shape index (κ2) is 6.60. The number of rotatable bonds is 2. The average molecular weight is 335 g/mol. The van der Waals surface area contributed by atoms with Gasteiger partial charge in [0.2, 0.25) is 5.95 Å². The van der Waals surface area contributed by atoms with Gasteiger partial charge in [-0.1, -0.05) is 11.6 Å². The maximum Gasteiger partial charge on any atom is 0.222 e. The number of phenols is 1. The normalized spacial score (nSPS) is 18.7. The summed E-state index contributed by atoms with van der Waals surface area (Å²) in [6.45, 7) is 3.77. The zero-order valence-electron chi connectivity index (χ0n) is 12.9. The Morgan fingerprint density at radius 3 is 2.96 bits per heavy atom. The molecule has 3 rings (SSSR count). The zero-order valence-corrected chi connectivity index (χ0v) is 13.6. The van der Waals surface area contributed by atoms with Crippen molar-refractivity contribution in [2.45, 2.75) is 19.4 Å². The molecule has 3 N–H and O–H groups in total. The van der Waals surface area contributed by atoms with Crippen molar-refractivity contribution in [3.8, 4) is 5.75 Å². The van der Waals surface area contributed by atoms with E-state index >= 15 is 0 Å². The van der Waals surface area contributed by atoms with E-state index in [0.717, 1.165) is 30.0 Å². The van der Waals surface area contributed by atoms with Crippen LogP contribution in [-0.2, 0) is 4.74 Å². The molecule has 1 saturated heterocycles. The molecule has 0 saturated carbocycles. The molecule has 2 heterocycles. The van der Waals surface area contributed by atoms with Gasteiger partial charge in [-0.3, -0.25) is 0 Å². The molecule has 7 heteroatoms. The van der Waals surface area contributed by atoms with Crippen LogP contribution >= 0.6 is 11.6 Å². The number of benzene rings is 1. The van der Waals surface area contributed by atoms with Crippen LogP contribution in [0.1, 0.15) is 23.7 Å². The number of aromatic hydroxyl groups is 1. The molecule has 1 fully saturated rings. The summed E-state index contributed by atoms with van der Waals surface area (Å²) in [6, 6.07) is 6.68. The first-order valence-electron chi connectivity index (χ1n) is 7.48. The fourth-order valence-electron chi connectivity index (χ4n) is 2.82. The van der Waals surface area contributed by atoms with Gasteiger partial charge < -0.3 is 20.5 Å². The summed E-state index contributed by atoms with van der Waals surface area (Å²) in [5.74, 6) is 1.16. The smallest absolute Gasteiger partial charge is 0.222 e. The molecule has 23 heavy (non-hydrogen) atoms. The zero-order chi connectivity index (χ0) is 16.4. The van der Waals surface area contributed by atoms with Crippen molar-refractivity contribution in [2.75, 3.05) is 30.4 Å². The highest BCUT2D eigenvalue weighted by Crippen LogP contribution is 2.34. The quantitative estimate of drug-likeness (QED) is 0.878. The average Bonchev–Trinajstić information content (AvgIpc) is 2.74.